The van der Waals surface area contributed by atoms with Crippen LogP contribution >= 0.6 is 0 Å². The quantitative estimate of drug-likeness (QED) is 0.210. The predicted molar refractivity (Wildman–Crippen MR) is 131 cm³/mol. The normalized spacial score (nSPS) is 10.9. The van der Waals surface area contributed by atoms with Gasteiger partial charge in [0.25, 0.3) is 11.6 Å². The molecule has 182 valence electrons. The molecule has 4 aromatic rings. The van der Waals surface area contributed by atoms with E-state index in [1.807, 2.05) is 18.2 Å². The van der Waals surface area contributed by atoms with Crippen LogP contribution in [-0.2, 0) is 16.9 Å². The van der Waals surface area contributed by atoms with Gasteiger partial charge in [0.1, 0.15) is 16.5 Å². The van der Waals surface area contributed by atoms with Gasteiger partial charge in [0.2, 0.25) is 0 Å². The predicted octanol–water partition coefficient (Wildman–Crippen LogP) is 2.63. The summed E-state index contributed by atoms with van der Waals surface area (Å²) in [5, 5.41) is 15.9. The van der Waals surface area contributed by atoms with Crippen LogP contribution in [0.15, 0.2) is 65.7 Å². The number of nitrogens with two attached hydrogens (primary N) is 3. The van der Waals surface area contributed by atoms with Crippen molar-refractivity contribution in [1.82, 2.24) is 9.78 Å². The Hall–Kier alpha value is -4.65. The van der Waals surface area contributed by atoms with Crippen LogP contribution in [0.1, 0.15) is 10.4 Å². The topological polar surface area (TPSA) is 199 Å². The van der Waals surface area contributed by atoms with Crippen LogP contribution in [0.5, 0.6) is 11.5 Å². The fraction of sp³-hybridized carbons (Fsp3) is 0.0909. The number of benzene rings is 3. The highest BCUT2D eigenvalue weighted by Crippen LogP contribution is 2.37. The first kappa shape index (κ1) is 25.0. The number of rotatable bonds is 5. The van der Waals surface area contributed by atoms with Crippen LogP contribution in [0.3, 0.4) is 0 Å². The van der Waals surface area contributed by atoms with Gasteiger partial charge < -0.3 is 21.9 Å². The summed E-state index contributed by atoms with van der Waals surface area (Å²) in [5.41, 5.74) is 17.3. The summed E-state index contributed by atoms with van der Waals surface area (Å²) in [6.45, 7) is 0. The zero-order valence-electron chi connectivity index (χ0n) is 18.7. The van der Waals surface area contributed by atoms with Crippen molar-refractivity contribution in [2.45, 2.75) is 4.90 Å². The highest BCUT2D eigenvalue weighted by atomic mass is 32.2. The third kappa shape index (κ3) is 5.47. The van der Waals surface area contributed by atoms with Crippen molar-refractivity contribution >= 4 is 43.7 Å². The number of ether oxygens (including phenoxy) is 1. The number of amides is 1. The van der Waals surface area contributed by atoms with Crippen molar-refractivity contribution in [2.75, 3.05) is 17.7 Å². The Labute approximate surface area is 200 Å². The molecular formula is C22H22N6O6S. The van der Waals surface area contributed by atoms with Gasteiger partial charge in [-0.1, -0.05) is 24.3 Å². The zero-order chi connectivity index (χ0) is 25.9. The summed E-state index contributed by atoms with van der Waals surface area (Å²) < 4.78 is 28.9. The number of nitrogens with zero attached hydrogens (tertiary/aromatic N) is 3. The standard InChI is InChI=1S/C17H13N3O4.C5H9N3O2S/c18-15-13-4-2-1-3-10(13)9-14(17(19)21)16(15)24-12-7-5-11(6-8-12)20(22)23;1-8-5(6)4(3-7-8)11(2,9)10/h1-9H,18H2,(H2,19,21);3H,6H2,1-2H3. The molecule has 0 aliphatic rings. The number of aromatic nitrogens is 2. The van der Waals surface area contributed by atoms with E-state index in [-0.39, 0.29) is 33.4 Å². The second-order valence-electron chi connectivity index (χ2n) is 7.40. The minimum absolute atomic E-state index is 0.0658. The highest BCUT2D eigenvalue weighted by molar-refractivity contribution is 7.90. The zero-order valence-corrected chi connectivity index (χ0v) is 19.5. The van der Waals surface area contributed by atoms with Crippen molar-refractivity contribution in [3.05, 3.63) is 76.5 Å². The van der Waals surface area contributed by atoms with Crippen molar-refractivity contribution in [1.29, 1.82) is 0 Å². The third-order valence-corrected chi connectivity index (χ3v) is 6.04. The smallest absolute Gasteiger partial charge is 0.269 e. The molecule has 35 heavy (non-hydrogen) atoms. The van der Waals surface area contributed by atoms with Gasteiger partial charge >= 0.3 is 0 Å². The van der Waals surface area contributed by atoms with Gasteiger partial charge in [0.05, 0.1) is 22.4 Å². The molecule has 0 aliphatic heterocycles. The summed E-state index contributed by atoms with van der Waals surface area (Å²) in [6.07, 6.45) is 2.34. The average Bonchev–Trinajstić information content (AvgIpc) is 3.15. The first-order valence-corrected chi connectivity index (χ1v) is 11.8. The Morgan fingerprint density at radius 1 is 1.11 bits per heavy atom. The minimum Gasteiger partial charge on any atom is -0.454 e. The van der Waals surface area contributed by atoms with E-state index in [9.17, 15) is 23.3 Å². The highest BCUT2D eigenvalue weighted by Gasteiger charge is 2.18. The molecular weight excluding hydrogens is 476 g/mol. The van der Waals surface area contributed by atoms with E-state index < -0.39 is 20.7 Å². The molecule has 0 spiro atoms. The lowest BCUT2D eigenvalue weighted by atomic mass is 10.0. The fourth-order valence-electron chi connectivity index (χ4n) is 3.12. The molecule has 0 unspecified atom stereocenters. The van der Waals surface area contributed by atoms with E-state index in [0.717, 1.165) is 17.0 Å². The third-order valence-electron chi connectivity index (χ3n) is 4.92. The number of carbonyl (C=O) groups is 1. The number of non-ortho nitro benzene ring substituents is 1. The number of aryl methyl sites for hydroxylation is 1. The van der Waals surface area contributed by atoms with Crippen LogP contribution < -0.4 is 21.9 Å². The van der Waals surface area contributed by atoms with Crippen LogP contribution in [-0.4, -0.2) is 35.3 Å². The fourth-order valence-corrected chi connectivity index (χ4v) is 3.87. The maximum atomic E-state index is 11.7. The Morgan fingerprint density at radius 2 is 1.74 bits per heavy atom. The van der Waals surface area contributed by atoms with E-state index >= 15 is 0 Å². The molecule has 0 fully saturated rings. The number of anilines is 2. The summed E-state index contributed by atoms with van der Waals surface area (Å²) >= 11 is 0. The lowest BCUT2D eigenvalue weighted by molar-refractivity contribution is -0.384. The molecule has 12 nitrogen and oxygen atoms in total. The molecule has 0 saturated carbocycles. The van der Waals surface area contributed by atoms with E-state index in [0.29, 0.717) is 5.75 Å². The Bertz CT molecular complexity index is 1530. The number of fused-ring (bicyclic) bond motifs is 1. The molecule has 3 aromatic carbocycles. The van der Waals surface area contributed by atoms with Gasteiger partial charge in [-0.25, -0.2) is 8.42 Å². The maximum Gasteiger partial charge on any atom is 0.269 e. The van der Waals surface area contributed by atoms with Crippen LogP contribution in [0.25, 0.3) is 10.8 Å². The molecule has 0 aliphatic carbocycles. The molecule has 13 heteroatoms. The van der Waals surface area contributed by atoms with Gasteiger partial charge in [0.15, 0.2) is 15.6 Å². The van der Waals surface area contributed by atoms with Crippen molar-refractivity contribution in [3.8, 4) is 11.5 Å². The van der Waals surface area contributed by atoms with Gasteiger partial charge in [-0.3, -0.25) is 19.6 Å². The first-order valence-electron chi connectivity index (χ1n) is 9.91. The summed E-state index contributed by atoms with van der Waals surface area (Å²) in [6, 6.07) is 14.3. The van der Waals surface area contributed by atoms with E-state index in [1.165, 1.54) is 35.1 Å². The summed E-state index contributed by atoms with van der Waals surface area (Å²) in [7, 11) is -1.63. The number of sulfone groups is 1. The van der Waals surface area contributed by atoms with Crippen molar-refractivity contribution in [2.24, 2.45) is 12.8 Å². The molecule has 1 amide bonds. The Morgan fingerprint density at radius 3 is 2.23 bits per heavy atom. The van der Waals surface area contributed by atoms with Gasteiger partial charge in [-0.2, -0.15) is 5.10 Å². The summed E-state index contributed by atoms with van der Waals surface area (Å²) in [4.78, 5) is 22.0. The van der Waals surface area contributed by atoms with Crippen molar-refractivity contribution < 1.29 is 22.9 Å². The second-order valence-corrected chi connectivity index (χ2v) is 9.38. The molecule has 0 atom stereocenters. The van der Waals surface area contributed by atoms with Crippen LogP contribution in [0.4, 0.5) is 17.2 Å². The van der Waals surface area contributed by atoms with E-state index in [2.05, 4.69) is 5.10 Å². The number of primary amides is 1. The van der Waals surface area contributed by atoms with Crippen LogP contribution in [0, 0.1) is 10.1 Å². The summed E-state index contributed by atoms with van der Waals surface area (Å²) in [5.74, 6) is -0.0583. The van der Waals surface area contributed by atoms with E-state index in [1.54, 1.807) is 19.2 Å². The molecule has 0 bridgehead atoms. The molecule has 0 radical (unpaired) electrons. The number of nitrogen functional groups attached to an aromatic ring is 2. The second kappa shape index (κ2) is 9.69. The monoisotopic (exact) mass is 498 g/mol. The number of hydrogen-bond donors (Lipinski definition) is 3. The number of hydrogen-bond acceptors (Lipinski definition) is 9. The Kier molecular flexibility index (Phi) is 6.91. The van der Waals surface area contributed by atoms with Gasteiger partial charge in [-0.15, -0.1) is 0 Å². The number of nitro benzene ring substituents is 1. The van der Waals surface area contributed by atoms with Crippen molar-refractivity contribution in [3.63, 3.8) is 0 Å². The molecule has 1 aromatic heterocycles. The van der Waals surface area contributed by atoms with Gasteiger partial charge in [0, 0.05) is 30.8 Å². The SMILES string of the molecule is Cn1ncc(S(C)(=O)=O)c1N.NC(=O)c1cc2ccccc2c(N)c1Oc1ccc([N+](=O)[O-])cc1. The average molecular weight is 499 g/mol. The van der Waals surface area contributed by atoms with Crippen LogP contribution in [0.2, 0.25) is 0 Å². The largest absolute Gasteiger partial charge is 0.454 e. The first-order chi connectivity index (χ1) is 16.4. The minimum atomic E-state index is -3.22. The van der Waals surface area contributed by atoms with Gasteiger partial charge in [-0.05, 0) is 23.6 Å². The number of carbonyl (C=O) groups excluding carboxylic acids is 1. The number of nitro groups is 1. The molecule has 4 rings (SSSR count). The molecule has 0 saturated heterocycles. The molecule has 6 N–H and O–H groups in total. The lowest BCUT2D eigenvalue weighted by Crippen LogP contribution is -2.13. The lowest BCUT2D eigenvalue weighted by Gasteiger charge is -2.14. The Balaban J connectivity index is 0.000000261. The maximum absolute atomic E-state index is 11.7. The molecule has 1 heterocycles. The van der Waals surface area contributed by atoms with E-state index in [4.69, 9.17) is 21.9 Å².